The normalized spacial score (nSPS) is 22.9. The van der Waals surface area contributed by atoms with Crippen molar-refractivity contribution in [3.05, 3.63) is 0 Å². The predicted molar refractivity (Wildman–Crippen MR) is 67.4 cm³/mol. The van der Waals surface area contributed by atoms with E-state index in [1.54, 1.807) is 0 Å². The maximum Gasteiger partial charge on any atom is 0.331 e. The monoisotopic (exact) mass is 265 g/mol. The van der Waals surface area contributed by atoms with Crippen LogP contribution in [0.1, 0.15) is 26.7 Å². The molecule has 102 valence electrons. The molecule has 0 aromatic rings. The molecule has 0 aromatic carbocycles. The molecule has 0 aromatic heterocycles. The zero-order chi connectivity index (χ0) is 12.7. The third-order valence-corrected chi connectivity index (χ3v) is 4.87. The average Bonchev–Trinajstić information content (AvgIpc) is 2.27. The van der Waals surface area contributed by atoms with Crippen LogP contribution in [-0.4, -0.2) is 55.1 Å². The highest BCUT2D eigenvalue weighted by Crippen LogP contribution is 2.47. The van der Waals surface area contributed by atoms with Crippen molar-refractivity contribution < 1.29 is 18.7 Å². The van der Waals surface area contributed by atoms with Gasteiger partial charge in [-0.3, -0.25) is 4.57 Å². The van der Waals surface area contributed by atoms with E-state index in [2.05, 4.69) is 4.90 Å². The Balaban J connectivity index is 2.37. The molecule has 1 aliphatic rings. The largest absolute Gasteiger partial charge is 0.392 e. The van der Waals surface area contributed by atoms with Crippen LogP contribution < -0.4 is 0 Å². The van der Waals surface area contributed by atoms with Crippen LogP contribution in [0.25, 0.3) is 0 Å². The van der Waals surface area contributed by atoms with E-state index in [-0.39, 0.29) is 6.10 Å². The number of rotatable bonds is 7. The van der Waals surface area contributed by atoms with Gasteiger partial charge in [0.25, 0.3) is 0 Å². The molecule has 1 aliphatic heterocycles. The van der Waals surface area contributed by atoms with Crippen LogP contribution in [-0.2, 0) is 13.6 Å². The molecular weight excluding hydrogens is 241 g/mol. The van der Waals surface area contributed by atoms with Crippen molar-refractivity contribution in [3.63, 3.8) is 0 Å². The van der Waals surface area contributed by atoms with Gasteiger partial charge in [0.05, 0.1) is 25.5 Å². The molecule has 17 heavy (non-hydrogen) atoms. The highest BCUT2D eigenvalue weighted by molar-refractivity contribution is 7.53. The highest BCUT2D eigenvalue weighted by atomic mass is 31.2. The van der Waals surface area contributed by atoms with Crippen molar-refractivity contribution in [2.45, 2.75) is 32.8 Å². The van der Waals surface area contributed by atoms with Crippen molar-refractivity contribution in [1.29, 1.82) is 0 Å². The van der Waals surface area contributed by atoms with Crippen LogP contribution in [0.4, 0.5) is 0 Å². The summed E-state index contributed by atoms with van der Waals surface area (Å²) in [5.41, 5.74) is 0. The average molecular weight is 265 g/mol. The first-order chi connectivity index (χ1) is 8.09. The highest BCUT2D eigenvalue weighted by Gasteiger charge is 2.26. The molecule has 0 saturated carbocycles. The Morgan fingerprint density at radius 1 is 1.35 bits per heavy atom. The Kier molecular flexibility index (Phi) is 6.67. The summed E-state index contributed by atoms with van der Waals surface area (Å²) in [7, 11) is -2.93. The summed E-state index contributed by atoms with van der Waals surface area (Å²) in [4.78, 5) is 2.12. The van der Waals surface area contributed by atoms with Crippen LogP contribution in [0.15, 0.2) is 0 Å². The van der Waals surface area contributed by atoms with Gasteiger partial charge in [0, 0.05) is 13.1 Å². The van der Waals surface area contributed by atoms with Gasteiger partial charge in [-0.05, 0) is 33.2 Å². The van der Waals surface area contributed by atoms with E-state index in [9.17, 15) is 9.67 Å². The van der Waals surface area contributed by atoms with Crippen molar-refractivity contribution in [2.24, 2.45) is 0 Å². The summed E-state index contributed by atoms with van der Waals surface area (Å²) in [5.74, 6) is 0. The number of aliphatic hydroxyl groups is 1. The Morgan fingerprint density at radius 3 is 2.53 bits per heavy atom. The molecule has 1 fully saturated rings. The molecule has 6 heteroatoms. The predicted octanol–water partition coefficient (Wildman–Crippen LogP) is 1.71. The number of β-amino-alcohol motifs (C(OH)–C–C–N with tert-alkyl or cyclic N) is 1. The first kappa shape index (κ1) is 15.1. The summed E-state index contributed by atoms with van der Waals surface area (Å²) in [5, 5.41) is 9.54. The summed E-state index contributed by atoms with van der Waals surface area (Å²) < 4.78 is 22.7. The Labute approximate surface area is 104 Å². The van der Waals surface area contributed by atoms with E-state index in [4.69, 9.17) is 9.05 Å². The number of hydrogen-bond acceptors (Lipinski definition) is 5. The van der Waals surface area contributed by atoms with E-state index in [1.165, 1.54) is 0 Å². The molecule has 0 radical (unpaired) electrons. The lowest BCUT2D eigenvalue weighted by molar-refractivity contribution is 0.0728. The molecule has 1 atom stereocenters. The van der Waals surface area contributed by atoms with Crippen molar-refractivity contribution in [2.75, 3.05) is 39.0 Å². The molecule has 1 N–H and O–H groups in total. The lowest BCUT2D eigenvalue weighted by atomic mass is 10.1. The topological polar surface area (TPSA) is 59.0 Å². The Morgan fingerprint density at radius 2 is 2.00 bits per heavy atom. The van der Waals surface area contributed by atoms with Crippen molar-refractivity contribution >= 4 is 7.60 Å². The van der Waals surface area contributed by atoms with Crippen molar-refractivity contribution in [3.8, 4) is 0 Å². The fraction of sp³-hybridized carbons (Fsp3) is 1.00. The van der Waals surface area contributed by atoms with E-state index < -0.39 is 7.60 Å². The maximum absolute atomic E-state index is 12.2. The fourth-order valence-electron chi connectivity index (χ4n) is 2.06. The van der Waals surface area contributed by atoms with Crippen molar-refractivity contribution in [1.82, 2.24) is 4.90 Å². The lowest BCUT2D eigenvalue weighted by Gasteiger charge is -2.30. The fourth-order valence-corrected chi connectivity index (χ4v) is 3.71. The molecule has 1 saturated heterocycles. The third kappa shape index (κ3) is 5.49. The minimum absolute atomic E-state index is 0.248. The van der Waals surface area contributed by atoms with Crippen LogP contribution in [0.3, 0.4) is 0 Å². The van der Waals surface area contributed by atoms with Crippen LogP contribution >= 0.6 is 7.60 Å². The molecule has 0 bridgehead atoms. The Hall–Kier alpha value is 0.0700. The van der Waals surface area contributed by atoms with Gasteiger partial charge in [0.15, 0.2) is 0 Å². The second-order valence-corrected chi connectivity index (χ2v) is 6.45. The van der Waals surface area contributed by atoms with Gasteiger partial charge in [0.1, 0.15) is 0 Å². The number of aliphatic hydroxyl groups excluding tert-OH is 1. The quantitative estimate of drug-likeness (QED) is 0.710. The van der Waals surface area contributed by atoms with E-state index in [0.29, 0.717) is 32.5 Å². The molecule has 0 spiro atoms. The smallest absolute Gasteiger partial charge is 0.331 e. The minimum atomic E-state index is -2.93. The van der Waals surface area contributed by atoms with Gasteiger partial charge in [-0.1, -0.05) is 0 Å². The first-order valence-electron chi connectivity index (χ1n) is 6.38. The van der Waals surface area contributed by atoms with Crippen LogP contribution in [0.5, 0.6) is 0 Å². The summed E-state index contributed by atoms with van der Waals surface area (Å²) >= 11 is 0. The summed E-state index contributed by atoms with van der Waals surface area (Å²) in [6.07, 6.45) is 2.02. The zero-order valence-corrected chi connectivity index (χ0v) is 11.7. The summed E-state index contributed by atoms with van der Waals surface area (Å²) in [6.45, 7) is 6.72. The van der Waals surface area contributed by atoms with Gasteiger partial charge >= 0.3 is 7.60 Å². The number of hydrogen-bond donors (Lipinski definition) is 1. The second kappa shape index (κ2) is 7.49. The SMILES string of the molecule is CCOP(=O)(CCN1CCC[C@H](O)C1)OCC. The Bertz CT molecular complexity index is 252. The number of piperidine rings is 1. The summed E-state index contributed by atoms with van der Waals surface area (Å²) in [6, 6.07) is 0. The molecule has 0 unspecified atom stereocenters. The third-order valence-electron chi connectivity index (χ3n) is 2.82. The number of nitrogens with zero attached hydrogens (tertiary/aromatic N) is 1. The minimum Gasteiger partial charge on any atom is -0.392 e. The van der Waals surface area contributed by atoms with Gasteiger partial charge in [-0.25, -0.2) is 0 Å². The van der Waals surface area contributed by atoms with E-state index in [0.717, 1.165) is 19.4 Å². The first-order valence-corrected chi connectivity index (χ1v) is 8.11. The van der Waals surface area contributed by atoms with Gasteiger partial charge < -0.3 is 19.1 Å². The maximum atomic E-state index is 12.2. The van der Waals surface area contributed by atoms with Gasteiger partial charge in [0.2, 0.25) is 0 Å². The molecule has 5 nitrogen and oxygen atoms in total. The van der Waals surface area contributed by atoms with Gasteiger partial charge in [-0.15, -0.1) is 0 Å². The van der Waals surface area contributed by atoms with Crippen LogP contribution in [0.2, 0.25) is 0 Å². The molecule has 0 aliphatic carbocycles. The standard InChI is InChI=1S/C11H24NO4P/c1-3-15-17(14,16-4-2)9-8-12-7-5-6-11(13)10-12/h11,13H,3-10H2,1-2H3/t11-/m0/s1. The second-order valence-electron chi connectivity index (χ2n) is 4.27. The number of likely N-dealkylation sites (tertiary alicyclic amines) is 1. The zero-order valence-electron chi connectivity index (χ0n) is 10.8. The molecule has 1 rings (SSSR count). The van der Waals surface area contributed by atoms with E-state index >= 15 is 0 Å². The molecular formula is C11H24NO4P. The lowest BCUT2D eigenvalue weighted by Crippen LogP contribution is -2.39. The molecule has 1 heterocycles. The van der Waals surface area contributed by atoms with Crippen LogP contribution in [0, 0.1) is 0 Å². The van der Waals surface area contributed by atoms with E-state index in [1.807, 2.05) is 13.8 Å². The molecule has 0 amide bonds. The van der Waals surface area contributed by atoms with Gasteiger partial charge in [-0.2, -0.15) is 0 Å².